The van der Waals surface area contributed by atoms with E-state index in [4.69, 9.17) is 0 Å². The van der Waals surface area contributed by atoms with Crippen LogP contribution in [0.3, 0.4) is 0 Å². The van der Waals surface area contributed by atoms with E-state index in [2.05, 4.69) is 17.1 Å². The number of hydrogen-bond acceptors (Lipinski definition) is 3. The Bertz CT molecular complexity index is 431. The minimum atomic E-state index is 0.0387. The van der Waals surface area contributed by atoms with Crippen molar-refractivity contribution in [2.45, 2.75) is 38.5 Å². The lowest BCUT2D eigenvalue weighted by molar-refractivity contribution is 0.0690. The fourth-order valence-corrected chi connectivity index (χ4v) is 2.43. The molecule has 0 aromatic carbocycles. The van der Waals surface area contributed by atoms with Gasteiger partial charge in [0.05, 0.1) is 5.69 Å². The molecule has 18 heavy (non-hydrogen) atoms. The fourth-order valence-electron chi connectivity index (χ4n) is 2.43. The normalized spacial score (nSPS) is 21.1. The Hall–Kier alpha value is -1.45. The molecule has 0 unspecified atom stereocenters. The monoisotopic (exact) mass is 245 g/mol. The van der Waals surface area contributed by atoms with E-state index in [1.54, 1.807) is 0 Å². The standard InChI is InChI=1S/C14H19N3O/c1-10-6-8-17(9-7-10)14(18)13-5-4-12(15-16-13)11-2-3-11/h4-5,10-11H,2-3,6-9H2,1H3. The molecule has 4 heteroatoms. The van der Waals surface area contributed by atoms with E-state index in [0.717, 1.165) is 37.5 Å². The Morgan fingerprint density at radius 2 is 1.89 bits per heavy atom. The van der Waals surface area contributed by atoms with Crippen LogP contribution in [-0.2, 0) is 0 Å². The molecule has 1 saturated heterocycles. The summed E-state index contributed by atoms with van der Waals surface area (Å²) in [5.41, 5.74) is 1.53. The summed E-state index contributed by atoms with van der Waals surface area (Å²) in [7, 11) is 0. The van der Waals surface area contributed by atoms with E-state index in [1.165, 1.54) is 12.8 Å². The van der Waals surface area contributed by atoms with Gasteiger partial charge in [-0.2, -0.15) is 5.10 Å². The first-order valence-corrected chi connectivity index (χ1v) is 6.87. The van der Waals surface area contributed by atoms with E-state index >= 15 is 0 Å². The molecule has 1 aliphatic heterocycles. The molecule has 4 nitrogen and oxygen atoms in total. The summed E-state index contributed by atoms with van der Waals surface area (Å²) in [5.74, 6) is 1.37. The molecule has 1 aliphatic carbocycles. The van der Waals surface area contributed by atoms with Crippen LogP contribution < -0.4 is 0 Å². The quantitative estimate of drug-likeness (QED) is 0.802. The van der Waals surface area contributed by atoms with Crippen LogP contribution in [0.2, 0.25) is 0 Å². The molecular formula is C14H19N3O. The molecule has 3 rings (SSSR count). The van der Waals surface area contributed by atoms with E-state index in [1.807, 2.05) is 17.0 Å². The first kappa shape index (κ1) is 11.6. The van der Waals surface area contributed by atoms with Crippen LogP contribution in [0.5, 0.6) is 0 Å². The topological polar surface area (TPSA) is 46.1 Å². The van der Waals surface area contributed by atoms with Crippen molar-refractivity contribution in [2.24, 2.45) is 5.92 Å². The first-order chi connectivity index (χ1) is 8.74. The molecule has 0 radical (unpaired) electrons. The summed E-state index contributed by atoms with van der Waals surface area (Å²) < 4.78 is 0. The predicted molar refractivity (Wildman–Crippen MR) is 68.3 cm³/mol. The fraction of sp³-hybridized carbons (Fsp3) is 0.643. The number of likely N-dealkylation sites (tertiary alicyclic amines) is 1. The summed E-state index contributed by atoms with van der Waals surface area (Å²) in [6.07, 6.45) is 4.62. The molecule has 2 heterocycles. The van der Waals surface area contributed by atoms with Crippen LogP contribution >= 0.6 is 0 Å². The summed E-state index contributed by atoms with van der Waals surface area (Å²) in [6.45, 7) is 3.95. The molecule has 1 saturated carbocycles. The van der Waals surface area contributed by atoms with Crippen molar-refractivity contribution in [1.29, 1.82) is 0 Å². The highest BCUT2D eigenvalue weighted by molar-refractivity contribution is 5.92. The van der Waals surface area contributed by atoms with E-state index in [-0.39, 0.29) is 5.91 Å². The molecule has 96 valence electrons. The minimum Gasteiger partial charge on any atom is -0.337 e. The van der Waals surface area contributed by atoms with Gasteiger partial charge in [-0.15, -0.1) is 5.10 Å². The molecule has 0 atom stereocenters. The molecule has 1 amide bonds. The minimum absolute atomic E-state index is 0.0387. The molecule has 0 bridgehead atoms. The van der Waals surface area contributed by atoms with Crippen molar-refractivity contribution in [3.63, 3.8) is 0 Å². The largest absolute Gasteiger partial charge is 0.337 e. The number of carbonyl (C=O) groups is 1. The smallest absolute Gasteiger partial charge is 0.274 e. The van der Waals surface area contributed by atoms with Gasteiger partial charge in [-0.1, -0.05) is 6.92 Å². The first-order valence-electron chi connectivity index (χ1n) is 6.87. The van der Waals surface area contributed by atoms with Gasteiger partial charge >= 0.3 is 0 Å². The number of hydrogen-bond donors (Lipinski definition) is 0. The van der Waals surface area contributed by atoms with Crippen molar-refractivity contribution < 1.29 is 4.79 Å². The Morgan fingerprint density at radius 3 is 2.44 bits per heavy atom. The zero-order chi connectivity index (χ0) is 12.5. The Morgan fingerprint density at radius 1 is 1.17 bits per heavy atom. The number of amides is 1. The SMILES string of the molecule is CC1CCN(C(=O)c2ccc(C3CC3)nn2)CC1. The van der Waals surface area contributed by atoms with E-state index in [0.29, 0.717) is 11.6 Å². The van der Waals surface area contributed by atoms with Crippen LogP contribution in [0.1, 0.15) is 54.7 Å². The van der Waals surface area contributed by atoms with Crippen LogP contribution in [0, 0.1) is 5.92 Å². The number of aromatic nitrogens is 2. The molecule has 1 aromatic heterocycles. The number of nitrogens with zero attached hydrogens (tertiary/aromatic N) is 3. The number of rotatable bonds is 2. The maximum atomic E-state index is 12.2. The third-order valence-electron chi connectivity index (χ3n) is 3.97. The van der Waals surface area contributed by atoms with Gasteiger partial charge in [0, 0.05) is 19.0 Å². The Balaban J connectivity index is 1.67. The van der Waals surface area contributed by atoms with Crippen LogP contribution in [0.15, 0.2) is 12.1 Å². The second-order valence-corrected chi connectivity index (χ2v) is 5.59. The van der Waals surface area contributed by atoms with Gasteiger partial charge in [-0.3, -0.25) is 4.79 Å². The Kier molecular flexibility index (Phi) is 3.02. The zero-order valence-corrected chi connectivity index (χ0v) is 10.8. The highest BCUT2D eigenvalue weighted by Crippen LogP contribution is 2.38. The second kappa shape index (κ2) is 4.67. The van der Waals surface area contributed by atoms with Gasteiger partial charge < -0.3 is 4.90 Å². The average molecular weight is 245 g/mol. The second-order valence-electron chi connectivity index (χ2n) is 5.59. The molecule has 2 fully saturated rings. The summed E-state index contributed by atoms with van der Waals surface area (Å²) in [6, 6.07) is 3.80. The van der Waals surface area contributed by atoms with Crippen LogP contribution in [-0.4, -0.2) is 34.1 Å². The van der Waals surface area contributed by atoms with Crippen LogP contribution in [0.25, 0.3) is 0 Å². The summed E-state index contributed by atoms with van der Waals surface area (Å²) in [5, 5.41) is 8.27. The molecular weight excluding hydrogens is 226 g/mol. The number of piperidine rings is 1. The van der Waals surface area contributed by atoms with Crippen molar-refractivity contribution in [1.82, 2.24) is 15.1 Å². The van der Waals surface area contributed by atoms with Crippen molar-refractivity contribution >= 4 is 5.91 Å². The van der Waals surface area contributed by atoms with Gasteiger partial charge in [0.15, 0.2) is 5.69 Å². The van der Waals surface area contributed by atoms with E-state index < -0.39 is 0 Å². The van der Waals surface area contributed by atoms with Gasteiger partial charge in [0.2, 0.25) is 0 Å². The maximum absolute atomic E-state index is 12.2. The maximum Gasteiger partial charge on any atom is 0.274 e. The lowest BCUT2D eigenvalue weighted by atomic mass is 9.99. The highest BCUT2D eigenvalue weighted by atomic mass is 16.2. The average Bonchev–Trinajstić information content (AvgIpc) is 3.23. The molecule has 0 spiro atoms. The van der Waals surface area contributed by atoms with Crippen molar-refractivity contribution in [3.8, 4) is 0 Å². The molecule has 0 N–H and O–H groups in total. The van der Waals surface area contributed by atoms with E-state index in [9.17, 15) is 4.79 Å². The van der Waals surface area contributed by atoms with Gasteiger partial charge in [0.1, 0.15) is 0 Å². The molecule has 2 aliphatic rings. The van der Waals surface area contributed by atoms with Gasteiger partial charge in [-0.05, 0) is 43.7 Å². The lowest BCUT2D eigenvalue weighted by Gasteiger charge is -2.29. The van der Waals surface area contributed by atoms with Gasteiger partial charge in [0.25, 0.3) is 5.91 Å². The predicted octanol–water partition coefficient (Wildman–Crippen LogP) is 2.23. The van der Waals surface area contributed by atoms with Crippen molar-refractivity contribution in [2.75, 3.05) is 13.1 Å². The molecule has 1 aromatic rings. The zero-order valence-electron chi connectivity index (χ0n) is 10.8. The summed E-state index contributed by atoms with van der Waals surface area (Å²) >= 11 is 0. The van der Waals surface area contributed by atoms with Gasteiger partial charge in [-0.25, -0.2) is 0 Å². The van der Waals surface area contributed by atoms with Crippen molar-refractivity contribution in [3.05, 3.63) is 23.5 Å². The lowest BCUT2D eigenvalue weighted by Crippen LogP contribution is -2.38. The van der Waals surface area contributed by atoms with Crippen LogP contribution in [0.4, 0.5) is 0 Å². The third-order valence-corrected chi connectivity index (χ3v) is 3.97. The Labute approximate surface area is 107 Å². The third kappa shape index (κ3) is 2.37. The summed E-state index contributed by atoms with van der Waals surface area (Å²) in [4.78, 5) is 14.1. The number of carbonyl (C=O) groups excluding carboxylic acids is 1. The highest BCUT2D eigenvalue weighted by Gasteiger charge is 2.26.